The molecule has 0 aliphatic rings. The van der Waals surface area contributed by atoms with Gasteiger partial charge in [0.25, 0.3) is 0 Å². The highest BCUT2D eigenvalue weighted by Crippen LogP contribution is 1.97. The third-order valence-electron chi connectivity index (χ3n) is 0.979. The van der Waals surface area contributed by atoms with E-state index in [0.717, 1.165) is 18.8 Å². The van der Waals surface area contributed by atoms with Crippen LogP contribution in [-0.2, 0) is 0 Å². The predicted molar refractivity (Wildman–Crippen MR) is 41.6 cm³/mol. The molecule has 0 spiro atoms. The highest BCUT2D eigenvalue weighted by atomic mass is 14.8. The third-order valence-corrected chi connectivity index (χ3v) is 0.979. The molecule has 0 aliphatic carbocycles. The summed E-state index contributed by atoms with van der Waals surface area (Å²) in [5.74, 6) is 1.41. The van der Waals surface area contributed by atoms with Crippen LogP contribution in [0.4, 0.5) is 0 Å². The number of hydrogen-bond donors (Lipinski definition) is 1. The van der Waals surface area contributed by atoms with Crippen LogP contribution in [-0.4, -0.2) is 12.4 Å². The first-order chi connectivity index (χ1) is 4.16. The van der Waals surface area contributed by atoms with E-state index < -0.39 is 0 Å². The van der Waals surface area contributed by atoms with Gasteiger partial charge in [0, 0.05) is 13.0 Å². The van der Waals surface area contributed by atoms with Gasteiger partial charge < -0.3 is 5.73 Å². The van der Waals surface area contributed by atoms with Crippen molar-refractivity contribution in [3.63, 3.8) is 0 Å². The normalized spacial score (nSPS) is 12.7. The summed E-state index contributed by atoms with van der Waals surface area (Å²) in [6.07, 6.45) is 0.924. The molecule has 0 rings (SSSR count). The van der Waals surface area contributed by atoms with E-state index >= 15 is 0 Å². The number of aliphatic imine (C=N–C) groups is 1. The van der Waals surface area contributed by atoms with Crippen molar-refractivity contribution < 1.29 is 0 Å². The van der Waals surface area contributed by atoms with E-state index in [1.165, 1.54) is 0 Å². The van der Waals surface area contributed by atoms with E-state index in [0.29, 0.717) is 5.92 Å². The molecule has 0 aromatic heterocycles. The Morgan fingerprint density at radius 1 is 1.56 bits per heavy atom. The van der Waals surface area contributed by atoms with Gasteiger partial charge in [0.05, 0.1) is 5.84 Å². The zero-order chi connectivity index (χ0) is 7.28. The molecule has 0 aliphatic heterocycles. The van der Waals surface area contributed by atoms with Crippen molar-refractivity contribution in [2.75, 3.05) is 6.54 Å². The molecule has 2 heteroatoms. The first kappa shape index (κ1) is 8.47. The Balaban J connectivity index is 3.49. The summed E-state index contributed by atoms with van der Waals surface area (Å²) in [4.78, 5) is 4.06. The zero-order valence-electron chi connectivity index (χ0n) is 6.52. The van der Waals surface area contributed by atoms with Crippen LogP contribution in [0.1, 0.15) is 27.2 Å². The second-order valence-electron chi connectivity index (χ2n) is 2.56. The lowest BCUT2D eigenvalue weighted by Crippen LogP contribution is -2.14. The second-order valence-corrected chi connectivity index (χ2v) is 2.56. The van der Waals surface area contributed by atoms with E-state index in [2.05, 4.69) is 18.8 Å². The molecule has 0 saturated heterocycles. The van der Waals surface area contributed by atoms with Gasteiger partial charge in [0.15, 0.2) is 0 Å². The Labute approximate surface area is 57.2 Å². The van der Waals surface area contributed by atoms with Crippen LogP contribution < -0.4 is 5.73 Å². The van der Waals surface area contributed by atoms with E-state index in [4.69, 9.17) is 5.73 Å². The van der Waals surface area contributed by atoms with Crippen molar-refractivity contribution in [2.45, 2.75) is 27.2 Å². The molecule has 0 radical (unpaired) electrons. The summed E-state index contributed by atoms with van der Waals surface area (Å²) in [7, 11) is 0. The number of rotatable bonds is 3. The van der Waals surface area contributed by atoms with Crippen LogP contribution in [0.3, 0.4) is 0 Å². The molecule has 2 N–H and O–H groups in total. The average molecular weight is 128 g/mol. The monoisotopic (exact) mass is 128 g/mol. The fourth-order valence-electron chi connectivity index (χ4n) is 0.686. The summed E-state index contributed by atoms with van der Waals surface area (Å²) in [5, 5.41) is 0. The van der Waals surface area contributed by atoms with E-state index in [1.54, 1.807) is 0 Å². The molecule has 0 atom stereocenters. The second kappa shape index (κ2) is 4.36. The van der Waals surface area contributed by atoms with Crippen molar-refractivity contribution in [2.24, 2.45) is 16.6 Å². The van der Waals surface area contributed by atoms with Gasteiger partial charge in [-0.15, -0.1) is 0 Å². The maximum atomic E-state index is 5.54. The molecule has 2 nitrogen and oxygen atoms in total. The molecule has 0 aromatic rings. The van der Waals surface area contributed by atoms with Crippen LogP contribution in [0.15, 0.2) is 4.99 Å². The molecule has 54 valence electrons. The minimum Gasteiger partial charge on any atom is -0.387 e. The number of hydrogen-bond acceptors (Lipinski definition) is 1. The molecule has 0 amide bonds. The van der Waals surface area contributed by atoms with Gasteiger partial charge in [0.1, 0.15) is 0 Å². The largest absolute Gasteiger partial charge is 0.387 e. The van der Waals surface area contributed by atoms with Gasteiger partial charge in [-0.3, -0.25) is 4.99 Å². The number of nitrogens with two attached hydrogens (primary N) is 1. The Kier molecular flexibility index (Phi) is 4.10. The summed E-state index contributed by atoms with van der Waals surface area (Å²) >= 11 is 0. The first-order valence-electron chi connectivity index (χ1n) is 3.45. The maximum Gasteiger partial charge on any atom is 0.0939 e. The Morgan fingerprint density at radius 2 is 2.11 bits per heavy atom. The van der Waals surface area contributed by atoms with E-state index in [1.807, 2.05) is 6.92 Å². The lowest BCUT2D eigenvalue weighted by atomic mass is 10.1. The first-order valence-corrected chi connectivity index (χ1v) is 3.45. The summed E-state index contributed by atoms with van der Waals surface area (Å²) in [6, 6.07) is 0. The van der Waals surface area contributed by atoms with Crippen LogP contribution in [0.2, 0.25) is 0 Å². The van der Waals surface area contributed by atoms with Crippen molar-refractivity contribution in [1.82, 2.24) is 0 Å². The maximum absolute atomic E-state index is 5.54. The molecular formula is C7H16N2. The van der Waals surface area contributed by atoms with Gasteiger partial charge in [-0.05, 0) is 12.8 Å². The molecule has 9 heavy (non-hydrogen) atoms. The Morgan fingerprint density at radius 3 is 2.44 bits per heavy atom. The standard InChI is InChI=1S/C7H16N2/c1-4-9-7(8)5-6(2)3/h6H,4-5H2,1-3H3,(H2,8,9). The van der Waals surface area contributed by atoms with Gasteiger partial charge in [-0.25, -0.2) is 0 Å². The molecule has 0 aromatic carbocycles. The molecule has 0 saturated carbocycles. The van der Waals surface area contributed by atoms with Crippen molar-refractivity contribution in [3.05, 3.63) is 0 Å². The highest BCUT2D eigenvalue weighted by molar-refractivity contribution is 5.80. The predicted octanol–water partition coefficient (Wildman–Crippen LogP) is 1.41. The smallest absolute Gasteiger partial charge is 0.0939 e. The third kappa shape index (κ3) is 5.34. The number of nitrogens with zero attached hydrogens (tertiary/aromatic N) is 1. The minimum atomic E-state index is 0.625. The van der Waals surface area contributed by atoms with Crippen LogP contribution in [0.5, 0.6) is 0 Å². The summed E-state index contributed by atoms with van der Waals surface area (Å²) in [5.41, 5.74) is 5.54. The topological polar surface area (TPSA) is 38.4 Å². The molecule has 0 heterocycles. The molecule has 0 unspecified atom stereocenters. The molecule has 0 bridgehead atoms. The minimum absolute atomic E-state index is 0.625. The quantitative estimate of drug-likeness (QED) is 0.453. The SMILES string of the molecule is CCN=C(N)CC(C)C. The molecule has 0 fully saturated rings. The lowest BCUT2D eigenvalue weighted by molar-refractivity contribution is 0.679. The lowest BCUT2D eigenvalue weighted by Gasteiger charge is -2.01. The van der Waals surface area contributed by atoms with Crippen LogP contribution in [0, 0.1) is 5.92 Å². The fraction of sp³-hybridized carbons (Fsp3) is 0.857. The van der Waals surface area contributed by atoms with E-state index in [9.17, 15) is 0 Å². The van der Waals surface area contributed by atoms with Crippen LogP contribution in [0.25, 0.3) is 0 Å². The molecular weight excluding hydrogens is 112 g/mol. The zero-order valence-corrected chi connectivity index (χ0v) is 6.52. The van der Waals surface area contributed by atoms with Gasteiger partial charge in [-0.1, -0.05) is 13.8 Å². The fourth-order valence-corrected chi connectivity index (χ4v) is 0.686. The van der Waals surface area contributed by atoms with Crippen molar-refractivity contribution >= 4 is 5.84 Å². The number of amidine groups is 1. The van der Waals surface area contributed by atoms with Gasteiger partial charge in [0.2, 0.25) is 0 Å². The summed E-state index contributed by atoms with van der Waals surface area (Å²) in [6.45, 7) is 7.07. The van der Waals surface area contributed by atoms with Crippen molar-refractivity contribution in [3.8, 4) is 0 Å². The summed E-state index contributed by atoms with van der Waals surface area (Å²) < 4.78 is 0. The Hall–Kier alpha value is -0.530. The Bertz CT molecular complexity index is 95.1. The van der Waals surface area contributed by atoms with Crippen LogP contribution >= 0.6 is 0 Å². The average Bonchev–Trinajstić information content (AvgIpc) is 1.63. The highest BCUT2D eigenvalue weighted by Gasteiger charge is 1.95. The van der Waals surface area contributed by atoms with Gasteiger partial charge >= 0.3 is 0 Å². The van der Waals surface area contributed by atoms with E-state index in [-0.39, 0.29) is 0 Å². The van der Waals surface area contributed by atoms with Gasteiger partial charge in [-0.2, -0.15) is 0 Å². The van der Waals surface area contributed by atoms with Crippen molar-refractivity contribution in [1.29, 1.82) is 0 Å².